The fourth-order valence-electron chi connectivity index (χ4n) is 3.14. The molecule has 1 amide bonds. The fraction of sp³-hybridized carbons (Fsp3) is 0.450. The molecule has 1 fully saturated rings. The summed E-state index contributed by atoms with van der Waals surface area (Å²) in [4.78, 5) is 16.8. The number of para-hydroxylation sites is 2. The Morgan fingerprint density at radius 2 is 1.89 bits per heavy atom. The molecule has 0 spiro atoms. The van der Waals surface area contributed by atoms with Crippen LogP contribution < -0.4 is 15.0 Å². The van der Waals surface area contributed by atoms with E-state index in [1.54, 1.807) is 13.2 Å². The van der Waals surface area contributed by atoms with Crippen LogP contribution in [0, 0.1) is 0 Å². The van der Waals surface area contributed by atoms with Crippen molar-refractivity contribution in [2.24, 2.45) is 0 Å². The summed E-state index contributed by atoms with van der Waals surface area (Å²) in [5.74, 6) is 1.50. The molecule has 27 heavy (non-hydrogen) atoms. The summed E-state index contributed by atoms with van der Waals surface area (Å²) in [6, 6.07) is 11.5. The number of rotatable bonds is 7. The Hall–Kier alpha value is -2.83. The summed E-state index contributed by atoms with van der Waals surface area (Å²) in [7, 11) is 1.68. The molecule has 0 radical (unpaired) electrons. The van der Waals surface area contributed by atoms with E-state index in [2.05, 4.69) is 27.3 Å². The fourth-order valence-corrected chi connectivity index (χ4v) is 3.14. The third-order valence-electron chi connectivity index (χ3n) is 4.71. The van der Waals surface area contributed by atoms with Crippen LogP contribution in [0.4, 0.5) is 11.5 Å². The number of methoxy groups -OCH3 is 1. The molecule has 0 bridgehead atoms. The van der Waals surface area contributed by atoms with Gasteiger partial charge in [-0.1, -0.05) is 25.5 Å². The average molecular weight is 369 g/mol. The maximum atomic E-state index is 12.7. The number of amides is 1. The first-order valence-corrected chi connectivity index (χ1v) is 9.47. The van der Waals surface area contributed by atoms with Gasteiger partial charge in [-0.15, -0.1) is 10.2 Å². The van der Waals surface area contributed by atoms with Gasteiger partial charge in [-0.3, -0.25) is 4.79 Å². The molecule has 0 unspecified atom stereocenters. The Morgan fingerprint density at radius 3 is 2.56 bits per heavy atom. The third-order valence-corrected chi connectivity index (χ3v) is 4.71. The lowest BCUT2D eigenvalue weighted by atomic mass is 10.2. The van der Waals surface area contributed by atoms with Gasteiger partial charge in [-0.25, -0.2) is 0 Å². The number of carbonyl (C=O) groups excluding carboxylic acids is 1. The number of nitrogens with zero attached hydrogens (tertiary/aromatic N) is 4. The lowest BCUT2D eigenvalue weighted by Gasteiger charge is -2.36. The molecule has 1 saturated heterocycles. The number of hydrogen-bond acceptors (Lipinski definition) is 6. The smallest absolute Gasteiger partial charge is 0.274 e. The monoisotopic (exact) mass is 369 g/mol. The van der Waals surface area contributed by atoms with Crippen LogP contribution in [0.15, 0.2) is 36.4 Å². The molecular formula is C20H27N5O2. The number of carbonyl (C=O) groups is 1. The standard InChI is InChI=1S/C20H27N5O2/c1-3-4-11-21-19-10-9-16(22-23-19)20(26)25-14-12-24(13-15-25)17-7-5-6-8-18(17)27-2/h5-10H,3-4,11-15H2,1-2H3,(H,21,23). The van der Waals surface area contributed by atoms with Gasteiger partial charge in [-0.05, 0) is 30.7 Å². The molecule has 2 aromatic rings. The van der Waals surface area contributed by atoms with Gasteiger partial charge >= 0.3 is 0 Å². The van der Waals surface area contributed by atoms with Gasteiger partial charge in [0.05, 0.1) is 12.8 Å². The van der Waals surface area contributed by atoms with Gasteiger partial charge < -0.3 is 19.9 Å². The summed E-state index contributed by atoms with van der Waals surface area (Å²) >= 11 is 0. The number of benzene rings is 1. The minimum absolute atomic E-state index is 0.0673. The number of aromatic nitrogens is 2. The topological polar surface area (TPSA) is 70.6 Å². The first-order chi connectivity index (χ1) is 13.2. The van der Waals surface area contributed by atoms with E-state index < -0.39 is 0 Å². The Balaban J connectivity index is 1.56. The van der Waals surface area contributed by atoms with Crippen LogP contribution in [-0.4, -0.2) is 60.8 Å². The van der Waals surface area contributed by atoms with Crippen LogP contribution in [0.25, 0.3) is 0 Å². The minimum Gasteiger partial charge on any atom is -0.495 e. The first-order valence-electron chi connectivity index (χ1n) is 9.47. The molecule has 1 N–H and O–H groups in total. The van der Waals surface area contributed by atoms with Crippen LogP contribution in [0.1, 0.15) is 30.3 Å². The summed E-state index contributed by atoms with van der Waals surface area (Å²) in [6.45, 7) is 5.82. The number of unbranched alkanes of at least 4 members (excludes halogenated alkanes) is 1. The predicted octanol–water partition coefficient (Wildman–Crippen LogP) is 2.66. The maximum absolute atomic E-state index is 12.7. The van der Waals surface area contributed by atoms with E-state index in [4.69, 9.17) is 4.74 Å². The van der Waals surface area contributed by atoms with Crippen molar-refractivity contribution < 1.29 is 9.53 Å². The van der Waals surface area contributed by atoms with E-state index >= 15 is 0 Å². The molecule has 0 saturated carbocycles. The van der Waals surface area contributed by atoms with Gasteiger partial charge in [0.1, 0.15) is 11.6 Å². The zero-order valence-electron chi connectivity index (χ0n) is 16.0. The molecule has 1 aromatic carbocycles. The molecular weight excluding hydrogens is 342 g/mol. The van der Waals surface area contributed by atoms with Gasteiger partial charge in [0, 0.05) is 32.7 Å². The first kappa shape index (κ1) is 18.9. The Kier molecular flexibility index (Phi) is 6.46. The highest BCUT2D eigenvalue weighted by molar-refractivity contribution is 5.92. The summed E-state index contributed by atoms with van der Waals surface area (Å²) in [5.41, 5.74) is 1.45. The highest BCUT2D eigenvalue weighted by Gasteiger charge is 2.24. The molecule has 3 rings (SSSR count). The largest absolute Gasteiger partial charge is 0.495 e. The quantitative estimate of drug-likeness (QED) is 0.757. The van der Waals surface area contributed by atoms with Crippen molar-refractivity contribution >= 4 is 17.4 Å². The molecule has 1 aliphatic rings. The molecule has 1 aromatic heterocycles. The Morgan fingerprint density at radius 1 is 1.11 bits per heavy atom. The highest BCUT2D eigenvalue weighted by Crippen LogP contribution is 2.28. The van der Waals surface area contributed by atoms with Crippen LogP contribution in [-0.2, 0) is 0 Å². The molecule has 7 heteroatoms. The van der Waals surface area contributed by atoms with Gasteiger partial charge in [0.15, 0.2) is 5.69 Å². The van der Waals surface area contributed by atoms with Crippen molar-refractivity contribution in [1.82, 2.24) is 15.1 Å². The van der Waals surface area contributed by atoms with Gasteiger partial charge in [-0.2, -0.15) is 0 Å². The van der Waals surface area contributed by atoms with E-state index in [1.165, 1.54) is 0 Å². The second kappa shape index (κ2) is 9.21. The van der Waals surface area contributed by atoms with Crippen molar-refractivity contribution in [2.75, 3.05) is 50.1 Å². The maximum Gasteiger partial charge on any atom is 0.274 e. The average Bonchev–Trinajstić information content (AvgIpc) is 2.74. The van der Waals surface area contributed by atoms with Crippen LogP contribution in [0.5, 0.6) is 5.75 Å². The SMILES string of the molecule is CCCCNc1ccc(C(=O)N2CCN(c3ccccc3OC)CC2)nn1. The van der Waals surface area contributed by atoms with E-state index in [0.29, 0.717) is 24.6 Å². The number of anilines is 2. The van der Waals surface area contributed by atoms with Crippen LogP contribution in [0.3, 0.4) is 0 Å². The zero-order valence-corrected chi connectivity index (χ0v) is 16.0. The number of ether oxygens (including phenoxy) is 1. The van der Waals surface area contributed by atoms with Gasteiger partial charge in [0.2, 0.25) is 0 Å². The molecule has 1 aliphatic heterocycles. The third kappa shape index (κ3) is 4.67. The number of piperazine rings is 1. The van der Waals surface area contributed by atoms with Crippen LogP contribution >= 0.6 is 0 Å². The zero-order chi connectivity index (χ0) is 19.1. The number of nitrogens with one attached hydrogen (secondary N) is 1. The van der Waals surface area contributed by atoms with Crippen molar-refractivity contribution in [1.29, 1.82) is 0 Å². The minimum atomic E-state index is -0.0673. The van der Waals surface area contributed by atoms with Crippen molar-refractivity contribution in [3.05, 3.63) is 42.1 Å². The second-order valence-corrected chi connectivity index (χ2v) is 6.54. The molecule has 0 atom stereocenters. The lowest BCUT2D eigenvalue weighted by Crippen LogP contribution is -2.49. The second-order valence-electron chi connectivity index (χ2n) is 6.54. The van der Waals surface area contributed by atoms with E-state index in [9.17, 15) is 4.79 Å². The lowest BCUT2D eigenvalue weighted by molar-refractivity contribution is 0.0739. The van der Waals surface area contributed by atoms with E-state index in [-0.39, 0.29) is 5.91 Å². The molecule has 7 nitrogen and oxygen atoms in total. The van der Waals surface area contributed by atoms with Crippen molar-refractivity contribution in [3.63, 3.8) is 0 Å². The normalized spacial score (nSPS) is 14.1. The van der Waals surface area contributed by atoms with E-state index in [0.717, 1.165) is 43.9 Å². The van der Waals surface area contributed by atoms with Crippen molar-refractivity contribution in [2.45, 2.75) is 19.8 Å². The van der Waals surface area contributed by atoms with Crippen LogP contribution in [0.2, 0.25) is 0 Å². The Labute approximate surface area is 160 Å². The number of hydrogen-bond donors (Lipinski definition) is 1. The molecule has 144 valence electrons. The van der Waals surface area contributed by atoms with Gasteiger partial charge in [0.25, 0.3) is 5.91 Å². The summed E-state index contributed by atoms with van der Waals surface area (Å²) in [6.07, 6.45) is 2.21. The predicted molar refractivity (Wildman–Crippen MR) is 107 cm³/mol. The van der Waals surface area contributed by atoms with Crippen molar-refractivity contribution in [3.8, 4) is 5.75 Å². The highest BCUT2D eigenvalue weighted by atomic mass is 16.5. The Bertz CT molecular complexity index is 742. The summed E-state index contributed by atoms with van der Waals surface area (Å²) in [5, 5.41) is 11.4. The van der Waals surface area contributed by atoms with E-state index in [1.807, 2.05) is 35.2 Å². The molecule has 2 heterocycles. The summed E-state index contributed by atoms with van der Waals surface area (Å²) < 4.78 is 5.44. The molecule has 0 aliphatic carbocycles.